The first kappa shape index (κ1) is 26.3. The largest absolute Gasteiger partial charge is 0.493 e. The second-order valence-corrected chi connectivity index (χ2v) is 10.7. The number of hydrogen-bond donors (Lipinski definition) is 2. The van der Waals surface area contributed by atoms with Crippen molar-refractivity contribution in [1.29, 1.82) is 5.26 Å². The molecule has 0 radical (unpaired) electrons. The monoisotopic (exact) mass is 522 g/mol. The summed E-state index contributed by atoms with van der Waals surface area (Å²) in [4.78, 5) is 6.60. The van der Waals surface area contributed by atoms with E-state index in [0.717, 1.165) is 5.56 Å². The molecule has 194 valence electrons. The minimum atomic E-state index is -4.01. The summed E-state index contributed by atoms with van der Waals surface area (Å²) in [5.74, 6) is 1.18. The molecule has 0 amide bonds. The van der Waals surface area contributed by atoms with Gasteiger partial charge < -0.3 is 19.5 Å². The quantitative estimate of drug-likeness (QED) is 0.479. The predicted octanol–water partition coefficient (Wildman–Crippen LogP) is 3.88. The molecule has 10 heteroatoms. The van der Waals surface area contributed by atoms with Gasteiger partial charge >= 0.3 is 0 Å². The molecule has 2 N–H and O–H groups in total. The average molecular weight is 523 g/mol. The van der Waals surface area contributed by atoms with Gasteiger partial charge in [-0.25, -0.2) is 13.4 Å². The second-order valence-electron chi connectivity index (χ2n) is 9.01. The summed E-state index contributed by atoms with van der Waals surface area (Å²) in [7, 11) is -1.11. The third-order valence-corrected chi connectivity index (χ3v) is 8.17. The topological polar surface area (TPSA) is 125 Å². The number of hydrogen-bond acceptors (Lipinski definition) is 8. The summed E-state index contributed by atoms with van der Waals surface area (Å²) in [5.41, 5.74) is 1.41. The number of aromatic nitrogens is 1. The Morgan fingerprint density at radius 2 is 1.70 bits per heavy atom. The van der Waals surface area contributed by atoms with Crippen LogP contribution >= 0.6 is 0 Å². The van der Waals surface area contributed by atoms with Crippen LogP contribution < -0.4 is 19.1 Å². The molecule has 0 atom stereocenters. The lowest BCUT2D eigenvalue weighted by Crippen LogP contribution is -2.43. The van der Waals surface area contributed by atoms with Crippen LogP contribution in [0.2, 0.25) is 0 Å². The smallest absolute Gasteiger partial charge is 0.262 e. The molecular weight excluding hydrogens is 492 g/mol. The van der Waals surface area contributed by atoms with E-state index in [1.165, 1.54) is 32.4 Å². The number of methoxy groups -OCH3 is 2. The molecule has 0 unspecified atom stereocenters. The number of anilines is 2. The van der Waals surface area contributed by atoms with Crippen molar-refractivity contribution in [3.05, 3.63) is 70.9 Å². The van der Waals surface area contributed by atoms with Crippen LogP contribution in [-0.4, -0.2) is 45.8 Å². The van der Waals surface area contributed by atoms with Crippen molar-refractivity contribution in [3.63, 3.8) is 0 Å². The van der Waals surface area contributed by atoms with Gasteiger partial charge in [0.25, 0.3) is 10.0 Å². The molecule has 0 saturated carbocycles. The second kappa shape index (κ2) is 10.3. The van der Waals surface area contributed by atoms with Gasteiger partial charge in [0.15, 0.2) is 11.5 Å². The molecule has 0 spiro atoms. The maximum atomic E-state index is 13.2. The Labute approximate surface area is 217 Å². The molecule has 4 rings (SSSR count). The zero-order valence-electron chi connectivity index (χ0n) is 21.3. The first-order chi connectivity index (χ1) is 17.6. The zero-order chi connectivity index (χ0) is 26.8. The molecule has 2 heterocycles. The van der Waals surface area contributed by atoms with Crippen molar-refractivity contribution in [3.8, 4) is 17.6 Å². The van der Waals surface area contributed by atoms with Crippen LogP contribution in [0.1, 0.15) is 35.2 Å². The fourth-order valence-electron chi connectivity index (χ4n) is 4.65. The number of pyridine rings is 1. The molecule has 3 aromatic rings. The molecule has 9 nitrogen and oxygen atoms in total. The number of rotatable bonds is 7. The predicted molar refractivity (Wildman–Crippen MR) is 141 cm³/mol. The highest BCUT2D eigenvalue weighted by atomic mass is 32.2. The van der Waals surface area contributed by atoms with E-state index in [2.05, 4.69) is 15.8 Å². The highest BCUT2D eigenvalue weighted by molar-refractivity contribution is 7.92. The number of benzene rings is 2. The Morgan fingerprint density at radius 1 is 1.05 bits per heavy atom. The summed E-state index contributed by atoms with van der Waals surface area (Å²) >= 11 is 0. The standard InChI is InChI=1S/C27H30N4O5S/c1-18-22(17-28)26(31-14-12-27(32,13-15-31)20-8-6-5-7-9-20)29-19(2)25(18)30-37(33,34)21-10-11-23(35-3)24(16-21)36-4/h5-11,16,30,32H,12-15H2,1-4H3. The first-order valence-corrected chi connectivity index (χ1v) is 13.3. The molecule has 1 aromatic heterocycles. The number of ether oxygens (including phenoxy) is 2. The van der Waals surface area contributed by atoms with E-state index in [1.807, 2.05) is 35.2 Å². The summed E-state index contributed by atoms with van der Waals surface area (Å²) < 4.78 is 39.5. The molecular formula is C27H30N4O5S. The Hall–Kier alpha value is -3.81. The van der Waals surface area contributed by atoms with Crippen molar-refractivity contribution in [2.45, 2.75) is 37.2 Å². The van der Waals surface area contributed by atoms with Crippen LogP contribution in [0.25, 0.3) is 0 Å². The highest BCUT2D eigenvalue weighted by Gasteiger charge is 2.35. The van der Waals surface area contributed by atoms with E-state index in [4.69, 9.17) is 9.47 Å². The molecule has 0 bridgehead atoms. The lowest BCUT2D eigenvalue weighted by Gasteiger charge is -2.39. The number of nitrogens with one attached hydrogen (secondary N) is 1. The maximum Gasteiger partial charge on any atom is 0.262 e. The van der Waals surface area contributed by atoms with Crippen molar-refractivity contribution in [2.75, 3.05) is 36.9 Å². The van der Waals surface area contributed by atoms with Crippen molar-refractivity contribution in [1.82, 2.24) is 4.98 Å². The number of aliphatic hydroxyl groups is 1. The zero-order valence-corrected chi connectivity index (χ0v) is 22.1. The third-order valence-electron chi connectivity index (χ3n) is 6.82. The van der Waals surface area contributed by atoms with Gasteiger partial charge in [0, 0.05) is 19.2 Å². The van der Waals surface area contributed by atoms with Gasteiger partial charge in [-0.15, -0.1) is 0 Å². The number of aryl methyl sites for hydroxylation is 1. The van der Waals surface area contributed by atoms with Crippen molar-refractivity contribution in [2.24, 2.45) is 0 Å². The summed E-state index contributed by atoms with van der Waals surface area (Å²) in [6.45, 7) is 4.41. The molecule has 2 aromatic carbocycles. The van der Waals surface area contributed by atoms with E-state index in [9.17, 15) is 18.8 Å². The van der Waals surface area contributed by atoms with E-state index < -0.39 is 15.6 Å². The molecule has 1 aliphatic heterocycles. The summed E-state index contributed by atoms with van der Waals surface area (Å²) in [5, 5.41) is 21.2. The van der Waals surface area contributed by atoms with Crippen LogP contribution in [0.5, 0.6) is 11.5 Å². The van der Waals surface area contributed by atoms with Crippen molar-refractivity contribution < 1.29 is 23.0 Å². The Kier molecular flexibility index (Phi) is 7.30. The van der Waals surface area contributed by atoms with Gasteiger partial charge in [-0.3, -0.25) is 4.72 Å². The molecule has 1 fully saturated rings. The van der Waals surface area contributed by atoms with Crippen molar-refractivity contribution >= 4 is 21.5 Å². The van der Waals surface area contributed by atoms with Gasteiger partial charge in [-0.2, -0.15) is 5.26 Å². The Balaban J connectivity index is 1.62. The van der Waals surface area contributed by atoms with Gasteiger partial charge in [-0.05, 0) is 49.9 Å². The highest BCUT2D eigenvalue weighted by Crippen LogP contribution is 2.37. The fourth-order valence-corrected chi connectivity index (χ4v) is 5.85. The van der Waals surface area contributed by atoms with Gasteiger partial charge in [0.2, 0.25) is 0 Å². The molecule has 37 heavy (non-hydrogen) atoms. The lowest BCUT2D eigenvalue weighted by molar-refractivity contribution is 0.0116. The normalized spacial score (nSPS) is 15.1. The SMILES string of the molecule is COc1ccc(S(=O)(=O)Nc2c(C)nc(N3CCC(O)(c4ccccc4)CC3)c(C#N)c2C)cc1OC. The number of nitriles is 1. The van der Waals surface area contributed by atoms with Gasteiger partial charge in [0.05, 0.1) is 41.7 Å². The van der Waals surface area contributed by atoms with Crippen LogP contribution in [0.4, 0.5) is 11.5 Å². The third kappa shape index (κ3) is 5.05. The minimum absolute atomic E-state index is 0.0113. The van der Waals surface area contributed by atoms with Gasteiger partial charge in [0.1, 0.15) is 11.9 Å². The number of piperidine rings is 1. The van der Waals surface area contributed by atoms with E-state index >= 15 is 0 Å². The lowest BCUT2D eigenvalue weighted by atomic mass is 9.84. The Morgan fingerprint density at radius 3 is 2.30 bits per heavy atom. The van der Waals surface area contributed by atoms with Crippen LogP contribution in [0, 0.1) is 25.2 Å². The van der Waals surface area contributed by atoms with Crippen LogP contribution in [0.15, 0.2) is 53.4 Å². The van der Waals surface area contributed by atoms with E-state index in [0.29, 0.717) is 54.3 Å². The summed E-state index contributed by atoms with van der Waals surface area (Å²) in [6.07, 6.45) is 0.963. The molecule has 0 aliphatic carbocycles. The fraction of sp³-hybridized carbons (Fsp3) is 0.333. The Bertz CT molecular complexity index is 1440. The number of nitrogens with zero attached hydrogens (tertiary/aromatic N) is 3. The number of sulfonamides is 1. The molecule has 1 aliphatic rings. The van der Waals surface area contributed by atoms with E-state index in [1.54, 1.807) is 13.8 Å². The van der Waals surface area contributed by atoms with Crippen LogP contribution in [0.3, 0.4) is 0 Å². The maximum absolute atomic E-state index is 13.2. The van der Waals surface area contributed by atoms with Crippen LogP contribution in [-0.2, 0) is 15.6 Å². The van der Waals surface area contributed by atoms with Gasteiger partial charge in [-0.1, -0.05) is 30.3 Å². The minimum Gasteiger partial charge on any atom is -0.493 e. The first-order valence-electron chi connectivity index (χ1n) is 11.8. The van der Waals surface area contributed by atoms with E-state index in [-0.39, 0.29) is 16.3 Å². The average Bonchev–Trinajstić information content (AvgIpc) is 2.91. The molecule has 1 saturated heterocycles. The summed E-state index contributed by atoms with van der Waals surface area (Å²) in [6, 6.07) is 16.1.